The Labute approximate surface area is 204 Å². The summed E-state index contributed by atoms with van der Waals surface area (Å²) >= 11 is 0. The van der Waals surface area contributed by atoms with Gasteiger partial charge in [-0.05, 0) is 30.2 Å². The minimum atomic E-state index is -0.936. The van der Waals surface area contributed by atoms with Crippen molar-refractivity contribution in [2.45, 2.75) is 6.42 Å². The number of nitrogen functional groups attached to an aromatic ring is 1. The Kier molecular flexibility index (Phi) is 6.39. The predicted octanol–water partition coefficient (Wildman–Crippen LogP) is 0.545. The summed E-state index contributed by atoms with van der Waals surface area (Å²) in [6.07, 6.45) is 0.483. The van der Waals surface area contributed by atoms with Crippen LogP contribution >= 0.6 is 0 Å². The molecule has 36 heavy (non-hydrogen) atoms. The lowest BCUT2D eigenvalue weighted by Crippen LogP contribution is -2.42. The SMILES string of the molecule is Cn1c(N)c(C(=O)COC(=O)c2ccc3c(c2)C(=O)N(CCc2ccccc2)C3=O)c(=O)n(C)c1=O. The van der Waals surface area contributed by atoms with Crippen LogP contribution in [0.2, 0.25) is 0 Å². The molecular formula is C25H22N4O7. The van der Waals surface area contributed by atoms with E-state index in [1.54, 1.807) is 0 Å². The van der Waals surface area contributed by atoms with Crippen LogP contribution < -0.4 is 17.0 Å². The minimum Gasteiger partial charge on any atom is -0.454 e. The van der Waals surface area contributed by atoms with Crippen molar-refractivity contribution in [2.24, 2.45) is 14.1 Å². The van der Waals surface area contributed by atoms with Gasteiger partial charge in [0.2, 0.25) is 5.78 Å². The molecule has 3 aromatic rings. The first-order valence-corrected chi connectivity index (χ1v) is 10.9. The highest BCUT2D eigenvalue weighted by molar-refractivity contribution is 6.22. The number of rotatable bonds is 7. The first-order valence-electron chi connectivity index (χ1n) is 10.9. The van der Waals surface area contributed by atoms with Crippen molar-refractivity contribution in [1.29, 1.82) is 0 Å². The van der Waals surface area contributed by atoms with Gasteiger partial charge in [0.1, 0.15) is 11.4 Å². The highest BCUT2D eigenvalue weighted by atomic mass is 16.5. The maximum Gasteiger partial charge on any atom is 0.338 e. The van der Waals surface area contributed by atoms with Crippen LogP contribution in [0, 0.1) is 0 Å². The van der Waals surface area contributed by atoms with Crippen molar-refractivity contribution in [3.8, 4) is 0 Å². The Balaban J connectivity index is 1.47. The average Bonchev–Trinajstić information content (AvgIpc) is 3.12. The number of nitrogens with zero attached hydrogens (tertiary/aromatic N) is 3. The first kappa shape index (κ1) is 24.3. The third-order valence-corrected chi connectivity index (χ3v) is 6.00. The van der Waals surface area contributed by atoms with E-state index < -0.39 is 47.0 Å². The molecular weight excluding hydrogens is 468 g/mol. The molecule has 2 aromatic carbocycles. The van der Waals surface area contributed by atoms with Crippen molar-refractivity contribution in [3.63, 3.8) is 0 Å². The van der Waals surface area contributed by atoms with Gasteiger partial charge in [0.25, 0.3) is 17.4 Å². The summed E-state index contributed by atoms with van der Waals surface area (Å²) < 4.78 is 6.68. The van der Waals surface area contributed by atoms with Gasteiger partial charge < -0.3 is 10.5 Å². The standard InChI is InChI=1S/C25H22N4O7/c1-27-20(26)19(23(33)28(2)25(27)35)18(30)13-36-24(34)15-8-9-16-17(12-15)22(32)29(21(16)31)11-10-14-6-4-3-5-7-14/h3-9,12H,10-11,13,26H2,1-2H3. The lowest BCUT2D eigenvalue weighted by Gasteiger charge is -2.13. The normalized spacial score (nSPS) is 12.6. The number of anilines is 1. The molecule has 2 amide bonds. The van der Waals surface area contributed by atoms with E-state index in [0.717, 1.165) is 19.6 Å². The zero-order chi connectivity index (χ0) is 26.1. The molecule has 2 heterocycles. The number of amides is 2. The number of ether oxygens (including phenoxy) is 1. The zero-order valence-electron chi connectivity index (χ0n) is 19.5. The Morgan fingerprint density at radius 3 is 2.25 bits per heavy atom. The van der Waals surface area contributed by atoms with Crippen LogP contribution in [0.4, 0.5) is 5.82 Å². The van der Waals surface area contributed by atoms with Crippen molar-refractivity contribution in [3.05, 3.63) is 97.2 Å². The number of hydrogen-bond donors (Lipinski definition) is 1. The molecule has 0 unspecified atom stereocenters. The molecule has 184 valence electrons. The summed E-state index contributed by atoms with van der Waals surface area (Å²) in [5.41, 5.74) is 4.81. The lowest BCUT2D eigenvalue weighted by molar-refractivity contribution is 0.0474. The molecule has 0 radical (unpaired) electrons. The molecule has 1 aromatic heterocycles. The summed E-state index contributed by atoms with van der Waals surface area (Å²) in [5, 5.41) is 0. The monoisotopic (exact) mass is 490 g/mol. The summed E-state index contributed by atoms with van der Waals surface area (Å²) in [4.78, 5) is 76.0. The number of benzene rings is 2. The fourth-order valence-corrected chi connectivity index (χ4v) is 3.91. The van der Waals surface area contributed by atoms with E-state index in [9.17, 15) is 28.8 Å². The molecule has 0 saturated carbocycles. The molecule has 0 atom stereocenters. The third-order valence-electron chi connectivity index (χ3n) is 6.00. The summed E-state index contributed by atoms with van der Waals surface area (Å²) in [6, 6.07) is 13.3. The third kappa shape index (κ3) is 4.22. The Bertz CT molecular complexity index is 1540. The van der Waals surface area contributed by atoms with Crippen LogP contribution in [0.5, 0.6) is 0 Å². The molecule has 0 saturated heterocycles. The maximum absolute atomic E-state index is 12.8. The number of aromatic nitrogens is 2. The second kappa shape index (κ2) is 9.45. The van der Waals surface area contributed by atoms with Gasteiger partial charge in [-0.3, -0.25) is 33.2 Å². The van der Waals surface area contributed by atoms with Crippen LogP contribution in [-0.2, 0) is 25.3 Å². The highest BCUT2D eigenvalue weighted by Crippen LogP contribution is 2.25. The van der Waals surface area contributed by atoms with Crippen molar-refractivity contribution in [2.75, 3.05) is 18.9 Å². The summed E-state index contributed by atoms with van der Waals surface area (Å²) in [7, 11) is 2.49. The molecule has 11 nitrogen and oxygen atoms in total. The van der Waals surface area contributed by atoms with E-state index in [1.165, 1.54) is 32.3 Å². The predicted molar refractivity (Wildman–Crippen MR) is 128 cm³/mol. The number of esters is 1. The van der Waals surface area contributed by atoms with Gasteiger partial charge in [-0.15, -0.1) is 0 Å². The van der Waals surface area contributed by atoms with Crippen LogP contribution in [0.1, 0.15) is 47.0 Å². The molecule has 0 bridgehead atoms. The summed E-state index contributed by atoms with van der Waals surface area (Å²) in [6.45, 7) is -0.635. The second-order valence-electron chi connectivity index (χ2n) is 8.22. The van der Waals surface area contributed by atoms with E-state index in [2.05, 4.69) is 0 Å². The molecule has 4 rings (SSSR count). The Morgan fingerprint density at radius 2 is 1.56 bits per heavy atom. The van der Waals surface area contributed by atoms with Crippen LogP contribution in [0.25, 0.3) is 0 Å². The number of ketones is 1. The Hall–Kier alpha value is -4.80. The number of carbonyl (C=O) groups excluding carboxylic acids is 4. The number of fused-ring (bicyclic) bond motifs is 1. The number of hydrogen-bond acceptors (Lipinski definition) is 8. The van der Waals surface area contributed by atoms with Crippen LogP contribution in [0.3, 0.4) is 0 Å². The average molecular weight is 490 g/mol. The largest absolute Gasteiger partial charge is 0.454 e. The summed E-state index contributed by atoms with van der Waals surface area (Å²) in [5.74, 6) is -3.16. The van der Waals surface area contributed by atoms with Crippen molar-refractivity contribution in [1.82, 2.24) is 14.0 Å². The number of carbonyl (C=O) groups is 4. The molecule has 1 aliphatic heterocycles. The lowest BCUT2D eigenvalue weighted by atomic mass is 10.1. The van der Waals surface area contributed by atoms with E-state index in [1.807, 2.05) is 30.3 Å². The molecule has 0 fully saturated rings. The molecule has 0 aliphatic carbocycles. The fraction of sp³-hybridized carbons (Fsp3) is 0.200. The number of nitrogens with two attached hydrogens (primary N) is 1. The number of imide groups is 1. The van der Waals surface area contributed by atoms with Crippen LogP contribution in [0.15, 0.2) is 58.1 Å². The quantitative estimate of drug-likeness (QED) is 0.286. The van der Waals surface area contributed by atoms with E-state index in [0.29, 0.717) is 6.42 Å². The molecule has 0 spiro atoms. The topological polar surface area (TPSA) is 151 Å². The van der Waals surface area contributed by atoms with Crippen molar-refractivity contribution < 1.29 is 23.9 Å². The molecule has 1 aliphatic rings. The van der Waals surface area contributed by atoms with Gasteiger partial charge in [-0.25, -0.2) is 9.59 Å². The molecule has 11 heteroatoms. The second-order valence-corrected chi connectivity index (χ2v) is 8.22. The fourth-order valence-electron chi connectivity index (χ4n) is 3.91. The Morgan fingerprint density at radius 1 is 0.889 bits per heavy atom. The zero-order valence-corrected chi connectivity index (χ0v) is 19.5. The van der Waals surface area contributed by atoms with Gasteiger partial charge in [0.15, 0.2) is 6.61 Å². The van der Waals surface area contributed by atoms with Gasteiger partial charge >= 0.3 is 11.7 Å². The van der Waals surface area contributed by atoms with Gasteiger partial charge in [-0.1, -0.05) is 30.3 Å². The van der Waals surface area contributed by atoms with Gasteiger partial charge in [0.05, 0.1) is 16.7 Å². The van der Waals surface area contributed by atoms with E-state index in [4.69, 9.17) is 10.5 Å². The number of Topliss-reactive ketones (excluding diaryl/α,β-unsaturated/α-hetero) is 1. The first-order chi connectivity index (χ1) is 17.1. The minimum absolute atomic E-state index is 0.0473. The van der Waals surface area contributed by atoms with E-state index in [-0.39, 0.29) is 29.1 Å². The van der Waals surface area contributed by atoms with Gasteiger partial charge in [0, 0.05) is 20.6 Å². The van der Waals surface area contributed by atoms with E-state index >= 15 is 0 Å². The maximum atomic E-state index is 12.8. The smallest absolute Gasteiger partial charge is 0.338 e. The van der Waals surface area contributed by atoms with Crippen LogP contribution in [-0.4, -0.2) is 50.8 Å². The molecule has 2 N–H and O–H groups in total. The van der Waals surface area contributed by atoms with Crippen molar-refractivity contribution >= 4 is 29.4 Å². The highest BCUT2D eigenvalue weighted by Gasteiger charge is 2.36. The van der Waals surface area contributed by atoms with Gasteiger partial charge in [-0.2, -0.15) is 0 Å².